The molecule has 0 saturated carbocycles. The van der Waals surface area contributed by atoms with Gasteiger partial charge in [-0.25, -0.2) is 9.67 Å². The summed E-state index contributed by atoms with van der Waals surface area (Å²) in [5, 5.41) is 19.2. The molecule has 0 aliphatic rings. The van der Waals surface area contributed by atoms with E-state index in [0.717, 1.165) is 22.9 Å². The van der Waals surface area contributed by atoms with Crippen molar-refractivity contribution in [1.29, 1.82) is 0 Å². The highest BCUT2D eigenvalue weighted by molar-refractivity contribution is 14.0. The van der Waals surface area contributed by atoms with E-state index in [-0.39, 0.29) is 30.0 Å². The number of guanidine groups is 1. The van der Waals surface area contributed by atoms with E-state index >= 15 is 0 Å². The largest absolute Gasteiger partial charge is 0.353 e. The Labute approximate surface area is 188 Å². The number of hydrogen-bond donors (Lipinski definition) is 2. The van der Waals surface area contributed by atoms with Crippen LogP contribution in [0.3, 0.4) is 0 Å². The number of nitrogens with zero attached hydrogens (tertiary/aromatic N) is 6. The molecule has 9 heteroatoms. The number of rotatable bonds is 7. The Balaban J connectivity index is 0.00000300. The molecule has 0 fully saturated rings. The standard InChI is InChI=1S/C20H26N8.HI/c1-5-10-21-20(22-14-19-26-25-16(3)27(19)4)24-15(2)17-8-6-9-18(13-17)28-12-7-11-23-28;/h5-9,11-13,15H,1,10,14H2,2-4H3,(H2,21,22,24);1H. The van der Waals surface area contributed by atoms with Crippen molar-refractivity contribution in [3.05, 3.63) is 72.6 Å². The molecular formula is C20H27IN8. The molecule has 2 N–H and O–H groups in total. The van der Waals surface area contributed by atoms with Gasteiger partial charge in [0, 0.05) is 26.0 Å². The van der Waals surface area contributed by atoms with Crippen LogP contribution in [-0.2, 0) is 13.6 Å². The van der Waals surface area contributed by atoms with Gasteiger partial charge in [-0.1, -0.05) is 18.2 Å². The van der Waals surface area contributed by atoms with Gasteiger partial charge in [0.25, 0.3) is 0 Å². The lowest BCUT2D eigenvalue weighted by Gasteiger charge is -2.19. The van der Waals surface area contributed by atoms with E-state index in [1.165, 1.54) is 0 Å². The number of aryl methyl sites for hydroxylation is 1. The van der Waals surface area contributed by atoms with Crippen molar-refractivity contribution in [2.24, 2.45) is 12.0 Å². The highest BCUT2D eigenvalue weighted by atomic mass is 127. The second kappa shape index (κ2) is 10.7. The van der Waals surface area contributed by atoms with Crippen LogP contribution in [0.2, 0.25) is 0 Å². The molecule has 1 unspecified atom stereocenters. The summed E-state index contributed by atoms with van der Waals surface area (Å²) in [5.41, 5.74) is 2.15. The highest BCUT2D eigenvalue weighted by Crippen LogP contribution is 2.16. The molecule has 154 valence electrons. The van der Waals surface area contributed by atoms with Crippen molar-refractivity contribution in [3.8, 4) is 5.69 Å². The molecule has 0 bridgehead atoms. The van der Waals surface area contributed by atoms with E-state index in [9.17, 15) is 0 Å². The molecule has 3 aromatic rings. The molecule has 1 atom stereocenters. The summed E-state index contributed by atoms with van der Waals surface area (Å²) in [6.07, 6.45) is 5.50. The maximum absolute atomic E-state index is 4.65. The Morgan fingerprint density at radius 3 is 2.79 bits per heavy atom. The van der Waals surface area contributed by atoms with E-state index < -0.39 is 0 Å². The van der Waals surface area contributed by atoms with Crippen molar-refractivity contribution < 1.29 is 0 Å². The minimum atomic E-state index is 0. The fraction of sp³-hybridized carbons (Fsp3) is 0.300. The summed E-state index contributed by atoms with van der Waals surface area (Å²) in [6.45, 7) is 8.83. The molecule has 1 aromatic carbocycles. The Kier molecular flexibility index (Phi) is 8.37. The predicted molar refractivity (Wildman–Crippen MR) is 126 cm³/mol. The minimum Gasteiger partial charge on any atom is -0.353 e. The Hall–Kier alpha value is -2.69. The maximum Gasteiger partial charge on any atom is 0.192 e. The summed E-state index contributed by atoms with van der Waals surface area (Å²) in [7, 11) is 1.94. The van der Waals surface area contributed by atoms with Crippen LogP contribution < -0.4 is 10.6 Å². The first-order valence-corrected chi connectivity index (χ1v) is 9.19. The first kappa shape index (κ1) is 22.6. The fourth-order valence-corrected chi connectivity index (χ4v) is 2.71. The van der Waals surface area contributed by atoms with Gasteiger partial charge in [0.15, 0.2) is 11.8 Å². The number of benzene rings is 1. The lowest BCUT2D eigenvalue weighted by molar-refractivity contribution is 0.683. The second-order valence-electron chi connectivity index (χ2n) is 6.47. The maximum atomic E-state index is 4.65. The molecule has 3 rings (SSSR count). The van der Waals surface area contributed by atoms with Crippen LogP contribution in [0.1, 0.15) is 30.2 Å². The van der Waals surface area contributed by atoms with E-state index in [1.807, 2.05) is 47.6 Å². The Bertz CT molecular complexity index is 945. The lowest BCUT2D eigenvalue weighted by atomic mass is 10.1. The molecule has 8 nitrogen and oxygen atoms in total. The molecule has 2 aromatic heterocycles. The third-order valence-electron chi connectivity index (χ3n) is 4.47. The van der Waals surface area contributed by atoms with Crippen molar-refractivity contribution in [3.63, 3.8) is 0 Å². The van der Waals surface area contributed by atoms with Gasteiger partial charge in [0.2, 0.25) is 0 Å². The molecule has 0 radical (unpaired) electrons. The van der Waals surface area contributed by atoms with Crippen LogP contribution in [0.25, 0.3) is 5.69 Å². The molecule has 0 spiro atoms. The topological polar surface area (TPSA) is 85.0 Å². The molecule has 0 amide bonds. The fourth-order valence-electron chi connectivity index (χ4n) is 2.71. The predicted octanol–water partition coefficient (Wildman–Crippen LogP) is 2.91. The minimum absolute atomic E-state index is 0. The number of aliphatic imine (C=N–C) groups is 1. The zero-order valence-corrected chi connectivity index (χ0v) is 19.2. The van der Waals surface area contributed by atoms with Crippen LogP contribution in [0.4, 0.5) is 0 Å². The average molecular weight is 506 g/mol. The van der Waals surface area contributed by atoms with Gasteiger partial charge in [0.1, 0.15) is 12.4 Å². The Morgan fingerprint density at radius 1 is 1.31 bits per heavy atom. The molecule has 0 aliphatic carbocycles. The van der Waals surface area contributed by atoms with Gasteiger partial charge >= 0.3 is 0 Å². The zero-order chi connectivity index (χ0) is 19.9. The Morgan fingerprint density at radius 2 is 2.14 bits per heavy atom. The molecule has 0 aliphatic heterocycles. The third kappa shape index (κ3) is 5.89. The summed E-state index contributed by atoms with van der Waals surface area (Å²) < 4.78 is 3.78. The molecular weight excluding hydrogens is 479 g/mol. The van der Waals surface area contributed by atoms with E-state index in [0.29, 0.717) is 19.0 Å². The molecule has 2 heterocycles. The van der Waals surface area contributed by atoms with Gasteiger partial charge < -0.3 is 15.2 Å². The van der Waals surface area contributed by atoms with Crippen molar-refractivity contribution in [2.45, 2.75) is 26.4 Å². The number of hydrogen-bond acceptors (Lipinski definition) is 4. The summed E-state index contributed by atoms with van der Waals surface area (Å²) in [6, 6.07) is 10.2. The summed E-state index contributed by atoms with van der Waals surface area (Å²) in [5.74, 6) is 2.37. The number of halogens is 1. The van der Waals surface area contributed by atoms with Crippen molar-refractivity contribution in [1.82, 2.24) is 35.2 Å². The van der Waals surface area contributed by atoms with Crippen LogP contribution in [0.15, 0.2) is 60.4 Å². The SMILES string of the molecule is C=CCNC(=NCc1nnc(C)n1C)NC(C)c1cccc(-n2cccn2)c1.I. The second-order valence-corrected chi connectivity index (χ2v) is 6.47. The average Bonchev–Trinajstić information content (AvgIpc) is 3.35. The first-order valence-electron chi connectivity index (χ1n) is 9.19. The van der Waals surface area contributed by atoms with E-state index in [1.54, 1.807) is 12.3 Å². The monoisotopic (exact) mass is 506 g/mol. The van der Waals surface area contributed by atoms with Gasteiger partial charge in [0.05, 0.1) is 11.7 Å². The highest BCUT2D eigenvalue weighted by Gasteiger charge is 2.10. The van der Waals surface area contributed by atoms with Crippen molar-refractivity contribution >= 4 is 29.9 Å². The van der Waals surface area contributed by atoms with E-state index in [4.69, 9.17) is 0 Å². The van der Waals surface area contributed by atoms with Crippen molar-refractivity contribution in [2.75, 3.05) is 6.54 Å². The zero-order valence-electron chi connectivity index (χ0n) is 16.9. The van der Waals surface area contributed by atoms with Gasteiger partial charge in [-0.15, -0.1) is 40.8 Å². The number of nitrogens with one attached hydrogen (secondary N) is 2. The first-order chi connectivity index (χ1) is 13.6. The lowest BCUT2D eigenvalue weighted by Crippen LogP contribution is -2.39. The molecule has 0 saturated heterocycles. The quantitative estimate of drug-likeness (QED) is 0.223. The van der Waals surface area contributed by atoms with Gasteiger partial charge in [-0.2, -0.15) is 5.10 Å². The van der Waals surface area contributed by atoms with Crippen LogP contribution in [0.5, 0.6) is 0 Å². The van der Waals surface area contributed by atoms with Gasteiger partial charge in [-0.3, -0.25) is 0 Å². The normalized spacial score (nSPS) is 12.2. The third-order valence-corrected chi connectivity index (χ3v) is 4.47. The summed E-state index contributed by atoms with van der Waals surface area (Å²) >= 11 is 0. The summed E-state index contributed by atoms with van der Waals surface area (Å²) in [4.78, 5) is 4.65. The van der Waals surface area contributed by atoms with Crippen LogP contribution in [0, 0.1) is 6.92 Å². The van der Waals surface area contributed by atoms with E-state index in [2.05, 4.69) is 56.6 Å². The number of aromatic nitrogens is 5. The van der Waals surface area contributed by atoms with Crippen LogP contribution >= 0.6 is 24.0 Å². The smallest absolute Gasteiger partial charge is 0.192 e. The van der Waals surface area contributed by atoms with Crippen LogP contribution in [-0.4, -0.2) is 37.0 Å². The molecule has 29 heavy (non-hydrogen) atoms. The van der Waals surface area contributed by atoms with Gasteiger partial charge in [-0.05, 0) is 37.6 Å².